The lowest BCUT2D eigenvalue weighted by molar-refractivity contribution is 0.0941. The maximum absolute atomic E-state index is 13.8. The Bertz CT molecular complexity index is 1200. The number of fused-ring (bicyclic) bond motifs is 2. The molecule has 7 heteroatoms. The number of nitrogens with zero attached hydrogens (tertiary/aromatic N) is 1. The minimum absolute atomic E-state index is 0.183. The fraction of sp³-hybridized carbons (Fsp3) is 0.320. The van der Waals surface area contributed by atoms with E-state index < -0.39 is 11.6 Å². The van der Waals surface area contributed by atoms with E-state index in [9.17, 15) is 13.6 Å². The van der Waals surface area contributed by atoms with Crippen molar-refractivity contribution in [1.82, 2.24) is 9.88 Å². The smallest absolute Gasteiger partial charge is 0.268 e. The van der Waals surface area contributed by atoms with Crippen LogP contribution in [0.1, 0.15) is 51.3 Å². The molecule has 2 aliphatic rings. The first-order valence-electron chi connectivity index (χ1n) is 10.8. The second kappa shape index (κ2) is 8.30. The third-order valence-electron chi connectivity index (χ3n) is 6.27. The van der Waals surface area contributed by atoms with E-state index in [1.54, 1.807) is 6.07 Å². The van der Waals surface area contributed by atoms with Gasteiger partial charge in [-0.3, -0.25) is 4.79 Å². The monoisotopic (exact) mass is 438 g/mol. The number of carbonyl (C=O) groups excluding carboxylic acids is 1. The maximum Gasteiger partial charge on any atom is 0.268 e. The van der Waals surface area contributed by atoms with Gasteiger partial charge in [-0.2, -0.15) is 0 Å². The van der Waals surface area contributed by atoms with E-state index in [2.05, 4.69) is 5.32 Å². The molecule has 1 aliphatic carbocycles. The summed E-state index contributed by atoms with van der Waals surface area (Å²) < 4.78 is 39.9. The van der Waals surface area contributed by atoms with E-state index in [-0.39, 0.29) is 12.7 Å². The lowest BCUT2D eigenvalue weighted by Crippen LogP contribution is -2.27. The van der Waals surface area contributed by atoms with Gasteiger partial charge in [0.15, 0.2) is 23.1 Å². The van der Waals surface area contributed by atoms with Crippen LogP contribution in [0, 0.1) is 18.6 Å². The predicted octanol–water partition coefficient (Wildman–Crippen LogP) is 4.66. The number of nitrogens with one attached hydrogen (secondary N) is 1. The molecule has 5 nitrogen and oxygen atoms in total. The second-order valence-electron chi connectivity index (χ2n) is 8.31. The van der Waals surface area contributed by atoms with Crippen LogP contribution in [-0.2, 0) is 25.9 Å². The van der Waals surface area contributed by atoms with E-state index in [0.717, 1.165) is 48.6 Å². The Balaban J connectivity index is 1.43. The van der Waals surface area contributed by atoms with Crippen LogP contribution in [0.5, 0.6) is 11.5 Å². The van der Waals surface area contributed by atoms with Gasteiger partial charge in [-0.1, -0.05) is 12.1 Å². The van der Waals surface area contributed by atoms with Gasteiger partial charge in [0.1, 0.15) is 5.69 Å². The number of hydrogen-bond donors (Lipinski definition) is 1. The topological polar surface area (TPSA) is 52.5 Å². The van der Waals surface area contributed by atoms with E-state index in [4.69, 9.17) is 9.47 Å². The molecular weight excluding hydrogens is 414 g/mol. The summed E-state index contributed by atoms with van der Waals surface area (Å²) in [4.78, 5) is 13.3. The molecular formula is C25H24F2N2O3. The van der Waals surface area contributed by atoms with E-state index >= 15 is 0 Å². The van der Waals surface area contributed by atoms with Gasteiger partial charge in [0, 0.05) is 18.8 Å². The summed E-state index contributed by atoms with van der Waals surface area (Å²) in [6, 6.07) is 9.49. The largest absolute Gasteiger partial charge is 0.454 e. The molecule has 2 heterocycles. The van der Waals surface area contributed by atoms with Gasteiger partial charge in [0.2, 0.25) is 6.79 Å². The molecule has 0 unspecified atom stereocenters. The molecule has 0 spiro atoms. The van der Waals surface area contributed by atoms with E-state index in [0.29, 0.717) is 35.8 Å². The van der Waals surface area contributed by atoms with E-state index in [1.165, 1.54) is 11.6 Å². The van der Waals surface area contributed by atoms with Crippen molar-refractivity contribution in [1.29, 1.82) is 0 Å². The number of amides is 1. The molecule has 3 aromatic rings. The summed E-state index contributed by atoms with van der Waals surface area (Å²) in [6.45, 7) is 2.84. The average Bonchev–Trinajstić information content (AvgIpc) is 3.37. The Labute approximate surface area is 185 Å². The van der Waals surface area contributed by atoms with Crippen LogP contribution in [0.3, 0.4) is 0 Å². The minimum Gasteiger partial charge on any atom is -0.454 e. The number of hydrogen-bond acceptors (Lipinski definition) is 3. The molecule has 1 amide bonds. The molecule has 1 aromatic heterocycles. The van der Waals surface area contributed by atoms with Gasteiger partial charge in [0.25, 0.3) is 5.91 Å². The van der Waals surface area contributed by atoms with Crippen LogP contribution in [-0.4, -0.2) is 17.3 Å². The third-order valence-corrected chi connectivity index (χ3v) is 6.27. The van der Waals surface area contributed by atoms with Crippen molar-refractivity contribution < 1.29 is 23.0 Å². The fourth-order valence-corrected chi connectivity index (χ4v) is 4.68. The summed E-state index contributed by atoms with van der Waals surface area (Å²) in [5.41, 5.74) is 5.40. The average molecular weight is 438 g/mol. The molecule has 2 aromatic carbocycles. The first kappa shape index (κ1) is 20.5. The lowest BCUT2D eigenvalue weighted by Gasteiger charge is -2.17. The van der Waals surface area contributed by atoms with Gasteiger partial charge in [-0.15, -0.1) is 0 Å². The molecule has 0 atom stereocenters. The Kier molecular flexibility index (Phi) is 5.33. The summed E-state index contributed by atoms with van der Waals surface area (Å²) in [5, 5.41) is 3.01. The second-order valence-corrected chi connectivity index (χ2v) is 8.31. The molecule has 166 valence electrons. The van der Waals surface area contributed by atoms with Crippen LogP contribution in [0.2, 0.25) is 0 Å². The van der Waals surface area contributed by atoms with Gasteiger partial charge < -0.3 is 19.4 Å². The van der Waals surface area contributed by atoms with Crippen LogP contribution >= 0.6 is 0 Å². The zero-order valence-electron chi connectivity index (χ0n) is 17.8. The summed E-state index contributed by atoms with van der Waals surface area (Å²) in [6.07, 6.45) is 3.93. The Morgan fingerprint density at radius 2 is 1.78 bits per heavy atom. The van der Waals surface area contributed by atoms with Crippen LogP contribution in [0.4, 0.5) is 8.78 Å². The fourth-order valence-electron chi connectivity index (χ4n) is 4.68. The van der Waals surface area contributed by atoms with Gasteiger partial charge in [-0.25, -0.2) is 8.78 Å². The highest BCUT2D eigenvalue weighted by molar-refractivity contribution is 5.95. The highest BCUT2D eigenvalue weighted by Crippen LogP contribution is 2.33. The number of rotatable bonds is 5. The van der Waals surface area contributed by atoms with E-state index in [1.807, 2.05) is 29.7 Å². The van der Waals surface area contributed by atoms with Crippen molar-refractivity contribution >= 4 is 5.91 Å². The molecule has 1 aliphatic heterocycles. The quantitative estimate of drug-likeness (QED) is 0.630. The Morgan fingerprint density at radius 3 is 2.62 bits per heavy atom. The van der Waals surface area contributed by atoms with Crippen LogP contribution in [0.25, 0.3) is 0 Å². The van der Waals surface area contributed by atoms with Crippen LogP contribution < -0.4 is 14.8 Å². The standard InChI is InChI=1S/C25H24F2N2O3/c1-15-18-4-2-3-5-21(18)29(13-17-6-8-19(26)20(27)10-17)24(15)25(30)28-12-16-7-9-22-23(11-16)32-14-31-22/h6-11H,2-5,12-14H2,1H3,(H,28,30). The minimum atomic E-state index is -0.881. The van der Waals surface area contributed by atoms with Crippen molar-refractivity contribution in [2.45, 2.75) is 45.7 Å². The zero-order valence-corrected chi connectivity index (χ0v) is 17.8. The molecule has 32 heavy (non-hydrogen) atoms. The highest BCUT2D eigenvalue weighted by atomic mass is 19.2. The molecule has 0 fully saturated rings. The van der Waals surface area contributed by atoms with Crippen molar-refractivity contribution in [2.75, 3.05) is 6.79 Å². The van der Waals surface area contributed by atoms with Gasteiger partial charge in [-0.05, 0) is 79.1 Å². The molecule has 1 N–H and O–H groups in total. The number of halogens is 2. The normalized spacial score (nSPS) is 14.3. The molecule has 5 rings (SSSR count). The first-order valence-corrected chi connectivity index (χ1v) is 10.8. The number of ether oxygens (including phenoxy) is 2. The maximum atomic E-state index is 13.8. The van der Waals surface area contributed by atoms with Crippen molar-refractivity contribution in [2.24, 2.45) is 0 Å². The summed E-state index contributed by atoms with van der Waals surface area (Å²) in [5.74, 6) is -0.568. The summed E-state index contributed by atoms with van der Waals surface area (Å²) >= 11 is 0. The zero-order chi connectivity index (χ0) is 22.2. The first-order chi connectivity index (χ1) is 15.5. The number of benzene rings is 2. The molecule has 0 radical (unpaired) electrons. The molecule has 0 saturated heterocycles. The van der Waals surface area contributed by atoms with Crippen molar-refractivity contribution in [3.63, 3.8) is 0 Å². The predicted molar refractivity (Wildman–Crippen MR) is 115 cm³/mol. The van der Waals surface area contributed by atoms with Gasteiger partial charge in [0.05, 0.1) is 0 Å². The Hall–Kier alpha value is -3.35. The van der Waals surface area contributed by atoms with Crippen LogP contribution in [0.15, 0.2) is 36.4 Å². The number of carbonyl (C=O) groups is 1. The number of aromatic nitrogens is 1. The molecule has 0 saturated carbocycles. The third kappa shape index (κ3) is 3.72. The SMILES string of the molecule is Cc1c2c(n(Cc3ccc(F)c(F)c3)c1C(=O)NCc1ccc3c(c1)OCO3)CCCC2. The summed E-state index contributed by atoms with van der Waals surface area (Å²) in [7, 11) is 0. The Morgan fingerprint density at radius 1 is 1.00 bits per heavy atom. The lowest BCUT2D eigenvalue weighted by atomic mass is 9.95. The van der Waals surface area contributed by atoms with Gasteiger partial charge >= 0.3 is 0 Å². The highest BCUT2D eigenvalue weighted by Gasteiger charge is 2.26. The van der Waals surface area contributed by atoms with Crippen molar-refractivity contribution in [3.8, 4) is 11.5 Å². The molecule has 0 bridgehead atoms. The van der Waals surface area contributed by atoms with Crippen molar-refractivity contribution in [3.05, 3.63) is 81.7 Å².